The normalized spacial score (nSPS) is 15.9. The second-order valence-corrected chi connectivity index (χ2v) is 8.05. The molecule has 0 spiro atoms. The van der Waals surface area contributed by atoms with Crippen LogP contribution in [0.4, 0.5) is 4.39 Å². The smallest absolute Gasteiger partial charge is 0.257 e. The fourth-order valence-corrected chi connectivity index (χ4v) is 3.90. The first-order valence-corrected chi connectivity index (χ1v) is 10.4. The number of carbonyl (C=O) groups is 1. The Balaban J connectivity index is 1.57. The molecule has 0 bridgehead atoms. The molecule has 3 aromatic rings. The number of hydrazone groups is 1. The van der Waals surface area contributed by atoms with Crippen LogP contribution in [-0.4, -0.2) is 35.1 Å². The van der Waals surface area contributed by atoms with Crippen LogP contribution in [0.1, 0.15) is 34.7 Å². The van der Waals surface area contributed by atoms with E-state index in [0.29, 0.717) is 18.5 Å². The van der Waals surface area contributed by atoms with E-state index in [4.69, 9.17) is 0 Å². The summed E-state index contributed by atoms with van der Waals surface area (Å²) < 4.78 is 14.6. The van der Waals surface area contributed by atoms with Crippen molar-refractivity contribution in [3.8, 4) is 0 Å². The number of halogens is 1. The van der Waals surface area contributed by atoms with Crippen molar-refractivity contribution >= 4 is 11.6 Å². The molecule has 1 amide bonds. The maximum absolute atomic E-state index is 14.6. The first-order chi connectivity index (χ1) is 15.0. The van der Waals surface area contributed by atoms with Gasteiger partial charge in [0.15, 0.2) is 0 Å². The highest BCUT2D eigenvalue weighted by atomic mass is 19.1. The third-order valence-electron chi connectivity index (χ3n) is 5.52. The lowest BCUT2D eigenvalue weighted by Gasteiger charge is -2.25. The highest BCUT2D eigenvalue weighted by Gasteiger charge is 2.34. The van der Waals surface area contributed by atoms with Gasteiger partial charge in [-0.3, -0.25) is 9.69 Å². The molecule has 4 rings (SSSR count). The molecule has 1 aliphatic heterocycles. The number of aryl methyl sites for hydroxylation is 1. The van der Waals surface area contributed by atoms with Gasteiger partial charge in [0, 0.05) is 18.5 Å². The summed E-state index contributed by atoms with van der Waals surface area (Å²) in [5.41, 5.74) is 4.54. The zero-order chi connectivity index (χ0) is 21.8. The van der Waals surface area contributed by atoms with Gasteiger partial charge in [-0.25, -0.2) is 9.40 Å². The maximum Gasteiger partial charge on any atom is 0.257 e. The number of nitrogens with zero attached hydrogens (tertiary/aromatic N) is 3. The quantitative estimate of drug-likeness (QED) is 0.571. The Morgan fingerprint density at radius 1 is 1.03 bits per heavy atom. The van der Waals surface area contributed by atoms with E-state index in [1.165, 1.54) is 11.1 Å². The van der Waals surface area contributed by atoms with Gasteiger partial charge in [0.2, 0.25) is 0 Å². The summed E-state index contributed by atoms with van der Waals surface area (Å²) >= 11 is 0. The molecule has 1 aliphatic rings. The minimum absolute atomic E-state index is 0.145. The predicted octanol–water partition coefficient (Wildman–Crippen LogP) is 4.94. The van der Waals surface area contributed by atoms with Crippen LogP contribution in [0.15, 0.2) is 84.0 Å². The van der Waals surface area contributed by atoms with Gasteiger partial charge in [0.1, 0.15) is 5.82 Å². The first-order valence-electron chi connectivity index (χ1n) is 10.4. The largest absolute Gasteiger partial charge is 0.293 e. The molecular formula is C26H26FN3O. The third kappa shape index (κ3) is 4.89. The van der Waals surface area contributed by atoms with Crippen LogP contribution in [0.25, 0.3) is 0 Å². The van der Waals surface area contributed by atoms with Crippen molar-refractivity contribution in [2.75, 3.05) is 13.6 Å². The minimum Gasteiger partial charge on any atom is -0.293 e. The number of carbonyl (C=O) groups excluding carboxylic acids is 1. The molecular weight excluding hydrogens is 389 g/mol. The van der Waals surface area contributed by atoms with Crippen molar-refractivity contribution in [1.82, 2.24) is 9.91 Å². The highest BCUT2D eigenvalue weighted by molar-refractivity contribution is 6.03. The van der Waals surface area contributed by atoms with Crippen molar-refractivity contribution in [2.24, 2.45) is 5.10 Å². The number of rotatable bonds is 6. The minimum atomic E-state index is -0.449. The van der Waals surface area contributed by atoms with Gasteiger partial charge < -0.3 is 0 Å². The molecule has 31 heavy (non-hydrogen) atoms. The molecule has 158 valence electrons. The molecule has 4 nitrogen and oxygen atoms in total. The first kappa shape index (κ1) is 20.9. The monoisotopic (exact) mass is 415 g/mol. The van der Waals surface area contributed by atoms with Crippen molar-refractivity contribution in [2.45, 2.75) is 25.9 Å². The van der Waals surface area contributed by atoms with Gasteiger partial charge in [-0.2, -0.15) is 5.10 Å². The molecule has 5 heteroatoms. The van der Waals surface area contributed by atoms with Gasteiger partial charge in [0.25, 0.3) is 5.91 Å². The topological polar surface area (TPSA) is 35.9 Å². The molecule has 0 saturated heterocycles. The van der Waals surface area contributed by atoms with E-state index >= 15 is 0 Å². The lowest BCUT2D eigenvalue weighted by atomic mass is 9.97. The van der Waals surface area contributed by atoms with Crippen LogP contribution < -0.4 is 0 Å². The molecule has 3 aromatic carbocycles. The van der Waals surface area contributed by atoms with Crippen LogP contribution in [0.2, 0.25) is 0 Å². The molecule has 0 unspecified atom stereocenters. The third-order valence-corrected chi connectivity index (χ3v) is 5.52. The summed E-state index contributed by atoms with van der Waals surface area (Å²) in [6.07, 6.45) is 0.484. The SMILES string of the molecule is Cc1ccc(C2=NN(C(=O)CN(C)Cc3ccccc3)[C@@H](c3ccccc3F)C2)cc1. The molecule has 0 saturated carbocycles. The number of hydrogen-bond donors (Lipinski definition) is 0. The van der Waals surface area contributed by atoms with Gasteiger partial charge in [0.05, 0.1) is 18.3 Å². The Labute approximate surface area is 182 Å². The van der Waals surface area contributed by atoms with E-state index in [0.717, 1.165) is 22.4 Å². The van der Waals surface area contributed by atoms with Gasteiger partial charge in [-0.1, -0.05) is 78.4 Å². The van der Waals surface area contributed by atoms with E-state index in [1.54, 1.807) is 18.2 Å². The predicted molar refractivity (Wildman–Crippen MR) is 121 cm³/mol. The summed E-state index contributed by atoms with van der Waals surface area (Å²) in [7, 11) is 1.91. The lowest BCUT2D eigenvalue weighted by Crippen LogP contribution is -2.36. The summed E-state index contributed by atoms with van der Waals surface area (Å²) in [4.78, 5) is 15.2. The molecule has 1 atom stereocenters. The lowest BCUT2D eigenvalue weighted by molar-refractivity contribution is -0.134. The highest BCUT2D eigenvalue weighted by Crippen LogP contribution is 2.34. The Kier molecular flexibility index (Phi) is 6.23. The summed E-state index contributed by atoms with van der Waals surface area (Å²) in [5, 5.41) is 6.12. The van der Waals surface area contributed by atoms with Crippen LogP contribution in [0.5, 0.6) is 0 Å². The van der Waals surface area contributed by atoms with Crippen LogP contribution in [0.3, 0.4) is 0 Å². The summed E-state index contributed by atoms with van der Waals surface area (Å²) in [6.45, 7) is 2.88. The molecule has 0 fully saturated rings. The Morgan fingerprint density at radius 3 is 2.42 bits per heavy atom. The fourth-order valence-electron chi connectivity index (χ4n) is 3.90. The van der Waals surface area contributed by atoms with Gasteiger partial charge in [-0.15, -0.1) is 0 Å². The van der Waals surface area contributed by atoms with Crippen molar-refractivity contribution < 1.29 is 9.18 Å². The van der Waals surface area contributed by atoms with Crippen molar-refractivity contribution in [3.05, 3.63) is 107 Å². The zero-order valence-corrected chi connectivity index (χ0v) is 17.8. The molecule has 0 aromatic heterocycles. The van der Waals surface area contributed by atoms with Crippen LogP contribution >= 0.6 is 0 Å². The number of benzene rings is 3. The van der Waals surface area contributed by atoms with Gasteiger partial charge in [-0.05, 0) is 31.2 Å². The van der Waals surface area contributed by atoms with E-state index in [9.17, 15) is 9.18 Å². The molecule has 0 aliphatic carbocycles. The number of likely N-dealkylation sites (N-methyl/N-ethyl adjacent to an activating group) is 1. The Bertz CT molecular complexity index is 1080. The molecule has 0 N–H and O–H groups in total. The van der Waals surface area contributed by atoms with E-state index in [2.05, 4.69) is 5.10 Å². The average Bonchev–Trinajstić information content (AvgIpc) is 3.20. The van der Waals surface area contributed by atoms with Crippen molar-refractivity contribution in [3.63, 3.8) is 0 Å². The average molecular weight is 416 g/mol. The maximum atomic E-state index is 14.6. The van der Waals surface area contributed by atoms with Gasteiger partial charge >= 0.3 is 0 Å². The molecule has 0 radical (unpaired) electrons. The van der Waals surface area contributed by atoms with Crippen molar-refractivity contribution in [1.29, 1.82) is 0 Å². The van der Waals surface area contributed by atoms with E-state index < -0.39 is 6.04 Å². The van der Waals surface area contributed by atoms with Crippen LogP contribution in [-0.2, 0) is 11.3 Å². The summed E-state index contributed by atoms with van der Waals surface area (Å²) in [5.74, 6) is -0.461. The van der Waals surface area contributed by atoms with E-state index in [-0.39, 0.29) is 18.3 Å². The second-order valence-electron chi connectivity index (χ2n) is 8.05. The summed E-state index contributed by atoms with van der Waals surface area (Å²) in [6, 6.07) is 24.2. The Hall–Kier alpha value is -3.31. The number of amides is 1. The fraction of sp³-hybridized carbons (Fsp3) is 0.231. The molecule has 1 heterocycles. The Morgan fingerprint density at radius 2 is 1.71 bits per heavy atom. The van der Waals surface area contributed by atoms with E-state index in [1.807, 2.05) is 73.5 Å². The second kappa shape index (κ2) is 9.23. The zero-order valence-electron chi connectivity index (χ0n) is 17.8. The standard InChI is InChI=1S/C26H26FN3O/c1-19-12-14-21(15-13-19)24-16-25(22-10-6-7-11-23(22)27)30(28-24)26(31)18-29(2)17-20-8-4-3-5-9-20/h3-15,25H,16-18H2,1-2H3/t25-/m1/s1. The van der Waals surface area contributed by atoms with Crippen LogP contribution in [0, 0.1) is 12.7 Å². The number of hydrogen-bond acceptors (Lipinski definition) is 3.